The fourth-order valence-electron chi connectivity index (χ4n) is 2.30. The van der Waals surface area contributed by atoms with Crippen LogP contribution in [0.4, 0.5) is 0 Å². The van der Waals surface area contributed by atoms with Crippen LogP contribution in [0.1, 0.15) is 5.56 Å². The van der Waals surface area contributed by atoms with Gasteiger partial charge in [0.05, 0.1) is 8.80 Å². The van der Waals surface area contributed by atoms with Crippen molar-refractivity contribution in [2.45, 2.75) is 19.5 Å². The van der Waals surface area contributed by atoms with E-state index in [-0.39, 0.29) is 0 Å². The molecule has 0 aliphatic rings. The Labute approximate surface area is 113 Å². The van der Waals surface area contributed by atoms with E-state index in [1.165, 1.54) is 20.8 Å². The van der Waals surface area contributed by atoms with Crippen LogP contribution in [-0.2, 0) is 6.42 Å². The molecule has 0 aromatic heterocycles. The number of benzene rings is 2. The first-order chi connectivity index (χ1) is 8.15. The molecule has 0 fully saturated rings. The molecule has 0 atom stereocenters. The smallest absolute Gasteiger partial charge is 0.0651 e. The Morgan fingerprint density at radius 2 is 1.88 bits per heavy atom. The molecule has 0 aliphatic heterocycles. The summed E-state index contributed by atoms with van der Waals surface area (Å²) in [4.78, 5) is 0. The molecule has 0 saturated heterocycles. The van der Waals surface area contributed by atoms with Gasteiger partial charge in [-0.15, -0.1) is 6.58 Å². The Kier molecular flexibility index (Phi) is 3.85. The molecule has 0 unspecified atom stereocenters. The molecule has 0 radical (unpaired) electrons. The first-order valence-corrected chi connectivity index (χ1v) is 9.64. The summed E-state index contributed by atoms with van der Waals surface area (Å²) >= 11 is 3.70. The van der Waals surface area contributed by atoms with Gasteiger partial charge in [0.2, 0.25) is 0 Å². The molecule has 2 heteroatoms. The standard InChI is InChI=1S/C15H17BrSi/c1-4-7-13-11-8-5-6-9-12(11)14(16)10-15(13)17(2)3/h4-6,8-10,17H,1,7H2,2-3H3. The summed E-state index contributed by atoms with van der Waals surface area (Å²) in [5, 5.41) is 4.23. The predicted octanol–water partition coefficient (Wildman–Crippen LogP) is 4.02. The van der Waals surface area contributed by atoms with Crippen LogP contribution in [-0.4, -0.2) is 8.80 Å². The number of allylic oxidation sites excluding steroid dienone is 1. The molecule has 0 bridgehead atoms. The molecule has 0 amide bonds. The lowest BCUT2D eigenvalue weighted by atomic mass is 10.0. The van der Waals surface area contributed by atoms with Gasteiger partial charge in [0.25, 0.3) is 0 Å². The quantitative estimate of drug-likeness (QED) is 0.593. The third kappa shape index (κ3) is 2.38. The highest BCUT2D eigenvalue weighted by atomic mass is 79.9. The molecule has 2 aromatic rings. The Bertz CT molecular complexity index is 558. The van der Waals surface area contributed by atoms with Gasteiger partial charge in [-0.2, -0.15) is 0 Å². The molecule has 0 saturated carbocycles. The van der Waals surface area contributed by atoms with Crippen LogP contribution in [0.25, 0.3) is 10.8 Å². The Hall–Kier alpha value is -0.863. The summed E-state index contributed by atoms with van der Waals surface area (Å²) in [5.74, 6) is 0. The lowest BCUT2D eigenvalue weighted by Crippen LogP contribution is -2.27. The average Bonchev–Trinajstić information content (AvgIpc) is 2.32. The van der Waals surface area contributed by atoms with E-state index in [1.807, 2.05) is 6.08 Å². The monoisotopic (exact) mass is 304 g/mol. The van der Waals surface area contributed by atoms with Crippen molar-refractivity contribution < 1.29 is 0 Å². The van der Waals surface area contributed by atoms with Crippen LogP contribution < -0.4 is 5.19 Å². The van der Waals surface area contributed by atoms with Crippen LogP contribution in [0, 0.1) is 0 Å². The van der Waals surface area contributed by atoms with Gasteiger partial charge in [-0.25, -0.2) is 0 Å². The Morgan fingerprint density at radius 3 is 2.47 bits per heavy atom. The molecule has 2 aromatic carbocycles. The first kappa shape index (κ1) is 12.6. The predicted molar refractivity (Wildman–Crippen MR) is 84.1 cm³/mol. The largest absolute Gasteiger partial charge is 0.103 e. The minimum Gasteiger partial charge on any atom is -0.103 e. The van der Waals surface area contributed by atoms with Crippen LogP contribution >= 0.6 is 15.9 Å². The number of rotatable bonds is 3. The second-order valence-corrected chi connectivity index (χ2v) is 8.41. The van der Waals surface area contributed by atoms with Gasteiger partial charge >= 0.3 is 0 Å². The van der Waals surface area contributed by atoms with E-state index >= 15 is 0 Å². The average molecular weight is 305 g/mol. The van der Waals surface area contributed by atoms with Gasteiger partial charge < -0.3 is 0 Å². The zero-order valence-corrected chi connectivity index (χ0v) is 13.1. The maximum absolute atomic E-state index is 3.89. The Balaban J connectivity index is 2.82. The van der Waals surface area contributed by atoms with Crippen molar-refractivity contribution in [3.8, 4) is 0 Å². The third-order valence-electron chi connectivity index (χ3n) is 3.11. The molecule has 17 heavy (non-hydrogen) atoms. The first-order valence-electron chi connectivity index (χ1n) is 5.96. The fourth-order valence-corrected chi connectivity index (χ4v) is 4.61. The molecule has 2 rings (SSSR count). The Morgan fingerprint density at radius 1 is 1.24 bits per heavy atom. The van der Waals surface area contributed by atoms with Crippen LogP contribution in [0.3, 0.4) is 0 Å². The second kappa shape index (κ2) is 5.19. The fraction of sp³-hybridized carbons (Fsp3) is 0.200. The molecule has 88 valence electrons. The van der Waals surface area contributed by atoms with Gasteiger partial charge in [-0.3, -0.25) is 0 Å². The summed E-state index contributed by atoms with van der Waals surface area (Å²) in [6, 6.07) is 10.9. The van der Waals surface area contributed by atoms with Crippen LogP contribution in [0.5, 0.6) is 0 Å². The molecule has 0 aliphatic carbocycles. The highest BCUT2D eigenvalue weighted by Gasteiger charge is 2.12. The van der Waals surface area contributed by atoms with E-state index in [1.54, 1.807) is 5.19 Å². The molecule has 0 nitrogen and oxygen atoms in total. The molecule has 0 heterocycles. The second-order valence-electron chi connectivity index (χ2n) is 4.62. The summed E-state index contributed by atoms with van der Waals surface area (Å²) in [7, 11) is -0.813. The third-order valence-corrected chi connectivity index (χ3v) is 5.53. The van der Waals surface area contributed by atoms with Crippen molar-refractivity contribution in [2.24, 2.45) is 0 Å². The highest BCUT2D eigenvalue weighted by molar-refractivity contribution is 9.10. The summed E-state index contributed by atoms with van der Waals surface area (Å²) in [6.07, 6.45) is 2.98. The van der Waals surface area contributed by atoms with Crippen LogP contribution in [0.2, 0.25) is 13.1 Å². The van der Waals surface area contributed by atoms with Gasteiger partial charge in [0.15, 0.2) is 0 Å². The zero-order valence-electron chi connectivity index (χ0n) is 10.3. The molecule has 0 spiro atoms. The van der Waals surface area contributed by atoms with E-state index in [0.717, 1.165) is 6.42 Å². The topological polar surface area (TPSA) is 0 Å². The summed E-state index contributed by atoms with van der Waals surface area (Å²) in [5.41, 5.74) is 1.47. The lowest BCUT2D eigenvalue weighted by Gasteiger charge is -2.15. The van der Waals surface area contributed by atoms with Crippen molar-refractivity contribution in [3.05, 3.63) is 53.0 Å². The number of fused-ring (bicyclic) bond motifs is 1. The van der Waals surface area contributed by atoms with Gasteiger partial charge in [0, 0.05) is 4.47 Å². The maximum Gasteiger partial charge on any atom is 0.0651 e. The van der Waals surface area contributed by atoms with Gasteiger partial charge in [0.1, 0.15) is 0 Å². The van der Waals surface area contributed by atoms with Gasteiger partial charge in [-0.1, -0.05) is 64.6 Å². The van der Waals surface area contributed by atoms with Crippen molar-refractivity contribution in [3.63, 3.8) is 0 Å². The lowest BCUT2D eigenvalue weighted by molar-refractivity contribution is 1.32. The summed E-state index contributed by atoms with van der Waals surface area (Å²) in [6.45, 7) is 8.65. The maximum atomic E-state index is 3.89. The van der Waals surface area contributed by atoms with E-state index in [0.29, 0.717) is 0 Å². The van der Waals surface area contributed by atoms with E-state index < -0.39 is 8.80 Å². The number of hydrogen-bond donors (Lipinski definition) is 0. The van der Waals surface area contributed by atoms with Crippen molar-refractivity contribution in [1.82, 2.24) is 0 Å². The van der Waals surface area contributed by atoms with Gasteiger partial charge in [-0.05, 0) is 28.8 Å². The minimum atomic E-state index is -0.813. The molecular formula is C15H17BrSi. The van der Waals surface area contributed by atoms with E-state index in [9.17, 15) is 0 Å². The van der Waals surface area contributed by atoms with Crippen LogP contribution in [0.15, 0.2) is 47.5 Å². The van der Waals surface area contributed by atoms with Crippen molar-refractivity contribution >= 4 is 40.7 Å². The molecular weight excluding hydrogens is 288 g/mol. The SMILES string of the molecule is C=CCc1c([SiH](C)C)cc(Br)c2ccccc12. The van der Waals surface area contributed by atoms with E-state index in [4.69, 9.17) is 0 Å². The zero-order chi connectivity index (χ0) is 12.4. The highest BCUT2D eigenvalue weighted by Crippen LogP contribution is 2.26. The normalized spacial score (nSPS) is 11.1. The summed E-state index contributed by atoms with van der Waals surface area (Å²) < 4.78 is 1.22. The molecule has 0 N–H and O–H groups in total. The number of halogens is 1. The van der Waals surface area contributed by atoms with Crippen molar-refractivity contribution in [1.29, 1.82) is 0 Å². The minimum absolute atomic E-state index is 0.813. The van der Waals surface area contributed by atoms with E-state index in [2.05, 4.69) is 65.9 Å². The van der Waals surface area contributed by atoms with Crippen molar-refractivity contribution in [2.75, 3.05) is 0 Å². The number of hydrogen-bond acceptors (Lipinski definition) is 0.